The van der Waals surface area contributed by atoms with Crippen molar-refractivity contribution in [2.75, 3.05) is 5.73 Å². The van der Waals surface area contributed by atoms with Gasteiger partial charge in [-0.3, -0.25) is 0 Å². The van der Waals surface area contributed by atoms with E-state index < -0.39 is 0 Å². The zero-order valence-electron chi connectivity index (χ0n) is 9.49. The smallest absolute Gasteiger partial charge is 0.270 e. The standard InChI is InChI=1S/C11H9N5OS/c1-6-2-5-18-8(6)11-16-15-10(17-11)7-9(12)14-4-3-13-7/h2-5H,1H3,(H2,12,14). The van der Waals surface area contributed by atoms with Crippen molar-refractivity contribution in [3.63, 3.8) is 0 Å². The maximum atomic E-state index is 5.71. The van der Waals surface area contributed by atoms with Crippen molar-refractivity contribution in [3.05, 3.63) is 29.4 Å². The van der Waals surface area contributed by atoms with Crippen LogP contribution < -0.4 is 5.73 Å². The Kier molecular flexibility index (Phi) is 2.52. The van der Waals surface area contributed by atoms with Gasteiger partial charge in [0.05, 0.1) is 4.88 Å². The Labute approximate surface area is 107 Å². The number of thiophene rings is 1. The van der Waals surface area contributed by atoms with E-state index in [-0.39, 0.29) is 11.7 Å². The zero-order chi connectivity index (χ0) is 12.5. The van der Waals surface area contributed by atoms with Crippen molar-refractivity contribution >= 4 is 17.2 Å². The first-order valence-electron chi connectivity index (χ1n) is 5.20. The number of hydrogen-bond donors (Lipinski definition) is 1. The normalized spacial score (nSPS) is 10.7. The summed E-state index contributed by atoms with van der Waals surface area (Å²) < 4.78 is 5.58. The highest BCUT2D eigenvalue weighted by atomic mass is 32.1. The lowest BCUT2D eigenvalue weighted by molar-refractivity contribution is 0.583. The van der Waals surface area contributed by atoms with Gasteiger partial charge in [-0.1, -0.05) is 0 Å². The van der Waals surface area contributed by atoms with E-state index in [0.29, 0.717) is 11.6 Å². The highest BCUT2D eigenvalue weighted by Crippen LogP contribution is 2.30. The molecule has 6 nitrogen and oxygen atoms in total. The van der Waals surface area contributed by atoms with Gasteiger partial charge in [0.25, 0.3) is 11.8 Å². The molecule has 0 bridgehead atoms. The van der Waals surface area contributed by atoms with Gasteiger partial charge < -0.3 is 10.2 Å². The summed E-state index contributed by atoms with van der Waals surface area (Å²) in [6, 6.07) is 2.00. The summed E-state index contributed by atoms with van der Waals surface area (Å²) in [4.78, 5) is 8.98. The topological polar surface area (TPSA) is 90.7 Å². The number of nitrogen functional groups attached to an aromatic ring is 1. The first-order valence-corrected chi connectivity index (χ1v) is 6.08. The molecule has 0 saturated heterocycles. The number of nitrogens with two attached hydrogens (primary N) is 1. The fourth-order valence-corrected chi connectivity index (χ4v) is 2.36. The van der Waals surface area contributed by atoms with E-state index in [9.17, 15) is 0 Å². The molecule has 3 aromatic rings. The number of aryl methyl sites for hydroxylation is 1. The van der Waals surface area contributed by atoms with Crippen LogP contribution in [-0.4, -0.2) is 20.2 Å². The van der Waals surface area contributed by atoms with Crippen molar-refractivity contribution in [2.24, 2.45) is 0 Å². The fraction of sp³-hybridized carbons (Fsp3) is 0.0909. The number of aromatic nitrogens is 4. The summed E-state index contributed by atoms with van der Waals surface area (Å²) in [7, 11) is 0. The lowest BCUT2D eigenvalue weighted by Crippen LogP contribution is -1.95. The first kappa shape index (κ1) is 10.8. The quantitative estimate of drug-likeness (QED) is 0.758. The van der Waals surface area contributed by atoms with Crippen LogP contribution >= 0.6 is 11.3 Å². The molecule has 7 heteroatoms. The van der Waals surface area contributed by atoms with E-state index in [2.05, 4.69) is 20.2 Å². The van der Waals surface area contributed by atoms with Crippen molar-refractivity contribution in [2.45, 2.75) is 6.92 Å². The van der Waals surface area contributed by atoms with Gasteiger partial charge in [0.2, 0.25) is 0 Å². The summed E-state index contributed by atoms with van der Waals surface area (Å²) in [6.07, 6.45) is 3.05. The molecule has 90 valence electrons. The van der Waals surface area contributed by atoms with E-state index in [1.165, 1.54) is 12.4 Å². The predicted octanol–water partition coefficient (Wildman–Crippen LogP) is 2.15. The van der Waals surface area contributed by atoms with Gasteiger partial charge >= 0.3 is 0 Å². The van der Waals surface area contributed by atoms with E-state index in [0.717, 1.165) is 10.4 Å². The lowest BCUT2D eigenvalue weighted by atomic mass is 10.3. The second kappa shape index (κ2) is 4.19. The number of anilines is 1. The van der Waals surface area contributed by atoms with Crippen molar-refractivity contribution in [3.8, 4) is 22.4 Å². The maximum absolute atomic E-state index is 5.71. The molecule has 0 aliphatic heterocycles. The summed E-state index contributed by atoms with van der Waals surface area (Å²) in [6.45, 7) is 1.99. The molecule has 0 aromatic carbocycles. The molecule has 2 N–H and O–H groups in total. The molecule has 0 spiro atoms. The summed E-state index contributed by atoms with van der Waals surface area (Å²) >= 11 is 1.55. The fourth-order valence-electron chi connectivity index (χ4n) is 1.52. The molecule has 0 amide bonds. The maximum Gasteiger partial charge on any atom is 0.270 e. The van der Waals surface area contributed by atoms with Crippen molar-refractivity contribution in [1.82, 2.24) is 20.2 Å². The Morgan fingerprint density at radius 1 is 1.17 bits per heavy atom. The molecule has 3 heterocycles. The molecule has 0 saturated carbocycles. The van der Waals surface area contributed by atoms with Crippen LogP contribution in [0.2, 0.25) is 0 Å². The average molecular weight is 259 g/mol. The highest BCUT2D eigenvalue weighted by molar-refractivity contribution is 7.13. The largest absolute Gasteiger partial charge is 0.414 e. The monoisotopic (exact) mass is 259 g/mol. The molecular formula is C11H9N5OS. The summed E-state index contributed by atoms with van der Waals surface area (Å²) in [5, 5.41) is 9.94. The molecule has 3 aromatic heterocycles. The van der Waals surface area contributed by atoms with E-state index in [1.807, 2.05) is 18.4 Å². The van der Waals surface area contributed by atoms with Crippen molar-refractivity contribution < 1.29 is 4.42 Å². The number of hydrogen-bond acceptors (Lipinski definition) is 7. The summed E-state index contributed by atoms with van der Waals surface area (Å²) in [5.74, 6) is 1.03. The Balaban J connectivity index is 2.05. The Bertz CT molecular complexity index is 690. The van der Waals surface area contributed by atoms with Crippen LogP contribution in [0.5, 0.6) is 0 Å². The van der Waals surface area contributed by atoms with Crippen LogP contribution in [0, 0.1) is 6.92 Å². The minimum Gasteiger partial charge on any atom is -0.414 e. The van der Waals surface area contributed by atoms with E-state index >= 15 is 0 Å². The third kappa shape index (κ3) is 1.74. The lowest BCUT2D eigenvalue weighted by Gasteiger charge is -1.96. The third-order valence-electron chi connectivity index (χ3n) is 2.41. The van der Waals surface area contributed by atoms with Crippen LogP contribution in [0.15, 0.2) is 28.3 Å². The third-order valence-corrected chi connectivity index (χ3v) is 3.41. The molecule has 3 rings (SSSR count). The second-order valence-electron chi connectivity index (χ2n) is 3.64. The molecule has 0 atom stereocenters. The van der Waals surface area contributed by atoms with Gasteiger partial charge in [-0.15, -0.1) is 21.5 Å². The van der Waals surface area contributed by atoms with Gasteiger partial charge in [-0.05, 0) is 23.9 Å². The molecule has 0 radical (unpaired) electrons. The van der Waals surface area contributed by atoms with E-state index in [1.54, 1.807) is 11.3 Å². The minimum absolute atomic E-state index is 0.274. The first-order chi connectivity index (χ1) is 8.75. The Morgan fingerprint density at radius 3 is 2.67 bits per heavy atom. The molecule has 0 unspecified atom stereocenters. The minimum atomic E-state index is 0.274. The highest BCUT2D eigenvalue weighted by Gasteiger charge is 2.16. The molecule has 18 heavy (non-hydrogen) atoms. The van der Waals surface area contributed by atoms with Gasteiger partial charge in [0, 0.05) is 12.4 Å². The Hall–Kier alpha value is -2.28. The molecule has 0 aliphatic rings. The Morgan fingerprint density at radius 2 is 1.94 bits per heavy atom. The molecule has 0 aliphatic carbocycles. The predicted molar refractivity (Wildman–Crippen MR) is 67.8 cm³/mol. The van der Waals surface area contributed by atoms with Gasteiger partial charge in [0.15, 0.2) is 11.5 Å². The molecular weight excluding hydrogens is 250 g/mol. The van der Waals surface area contributed by atoms with Gasteiger partial charge in [-0.25, -0.2) is 9.97 Å². The van der Waals surface area contributed by atoms with Crippen LogP contribution in [0.1, 0.15) is 5.56 Å². The average Bonchev–Trinajstić information content (AvgIpc) is 2.98. The zero-order valence-corrected chi connectivity index (χ0v) is 10.3. The van der Waals surface area contributed by atoms with Crippen LogP contribution in [0.4, 0.5) is 5.82 Å². The summed E-state index contributed by atoms with van der Waals surface area (Å²) in [5.41, 5.74) is 7.22. The second-order valence-corrected chi connectivity index (χ2v) is 4.55. The van der Waals surface area contributed by atoms with Crippen molar-refractivity contribution in [1.29, 1.82) is 0 Å². The number of rotatable bonds is 2. The SMILES string of the molecule is Cc1ccsc1-c1nnc(-c2nccnc2N)o1. The van der Waals surface area contributed by atoms with Crippen LogP contribution in [0.25, 0.3) is 22.4 Å². The van der Waals surface area contributed by atoms with Crippen LogP contribution in [-0.2, 0) is 0 Å². The van der Waals surface area contributed by atoms with Gasteiger partial charge in [0.1, 0.15) is 0 Å². The van der Waals surface area contributed by atoms with E-state index in [4.69, 9.17) is 10.2 Å². The van der Waals surface area contributed by atoms with Crippen LogP contribution in [0.3, 0.4) is 0 Å². The van der Waals surface area contributed by atoms with Gasteiger partial charge in [-0.2, -0.15) is 0 Å². The molecule has 0 fully saturated rings. The number of nitrogens with zero attached hydrogens (tertiary/aromatic N) is 4.